The van der Waals surface area contributed by atoms with Crippen LogP contribution in [0, 0.1) is 0 Å². The predicted molar refractivity (Wildman–Crippen MR) is 72.8 cm³/mol. The first-order valence-corrected chi connectivity index (χ1v) is 6.76. The van der Waals surface area contributed by atoms with Gasteiger partial charge < -0.3 is 5.32 Å². The summed E-state index contributed by atoms with van der Waals surface area (Å²) < 4.78 is 0. The molecule has 1 aromatic carbocycles. The molecule has 2 heteroatoms. The predicted octanol–water partition coefficient (Wildman–Crippen LogP) is 2.91. The van der Waals surface area contributed by atoms with Gasteiger partial charge in [-0.15, -0.1) is 0 Å². The second kappa shape index (κ2) is 5.65. The summed E-state index contributed by atoms with van der Waals surface area (Å²) in [6.45, 7) is 7.70. The van der Waals surface area contributed by atoms with Gasteiger partial charge in [0.2, 0.25) is 0 Å². The second-order valence-electron chi connectivity index (χ2n) is 5.09. The highest BCUT2D eigenvalue weighted by atomic mass is 15.1. The van der Waals surface area contributed by atoms with Crippen LogP contribution in [0.4, 0.5) is 0 Å². The van der Waals surface area contributed by atoms with Gasteiger partial charge in [-0.05, 0) is 36.6 Å². The average molecular weight is 232 g/mol. The van der Waals surface area contributed by atoms with Crippen LogP contribution in [0.3, 0.4) is 0 Å². The Kier molecular flexibility index (Phi) is 4.19. The number of rotatable bonds is 5. The Morgan fingerprint density at radius 3 is 2.59 bits per heavy atom. The third kappa shape index (κ3) is 2.88. The minimum Gasteiger partial charge on any atom is -0.309 e. The lowest BCUT2D eigenvalue weighted by Gasteiger charge is -2.26. The summed E-state index contributed by atoms with van der Waals surface area (Å²) in [6.07, 6.45) is 2.47. The molecule has 17 heavy (non-hydrogen) atoms. The summed E-state index contributed by atoms with van der Waals surface area (Å²) in [7, 11) is 2.24. The fourth-order valence-corrected chi connectivity index (χ4v) is 2.78. The van der Waals surface area contributed by atoms with Crippen LogP contribution in [0.1, 0.15) is 43.4 Å². The van der Waals surface area contributed by atoms with E-state index in [1.165, 1.54) is 29.5 Å². The lowest BCUT2D eigenvalue weighted by molar-refractivity contribution is 0.221. The van der Waals surface area contributed by atoms with E-state index in [-0.39, 0.29) is 0 Å². The molecule has 2 nitrogen and oxygen atoms in total. The Morgan fingerprint density at radius 1 is 1.18 bits per heavy atom. The maximum atomic E-state index is 3.40. The van der Waals surface area contributed by atoms with Gasteiger partial charge in [-0.3, -0.25) is 4.90 Å². The van der Waals surface area contributed by atoms with E-state index in [0.29, 0.717) is 6.04 Å². The molecule has 0 spiro atoms. The Morgan fingerprint density at radius 2 is 1.88 bits per heavy atom. The topological polar surface area (TPSA) is 15.3 Å². The molecule has 0 aromatic heterocycles. The number of benzene rings is 1. The second-order valence-corrected chi connectivity index (χ2v) is 5.09. The van der Waals surface area contributed by atoms with Crippen molar-refractivity contribution in [3.05, 3.63) is 34.9 Å². The quantitative estimate of drug-likeness (QED) is 0.839. The fraction of sp³-hybridized carbons (Fsp3) is 0.600. The van der Waals surface area contributed by atoms with Crippen LogP contribution in [-0.4, -0.2) is 18.0 Å². The molecule has 0 bridgehead atoms. The van der Waals surface area contributed by atoms with E-state index < -0.39 is 0 Å². The van der Waals surface area contributed by atoms with Gasteiger partial charge in [0.25, 0.3) is 0 Å². The SMILES string of the molecule is CCC(CC)N(C)Cc1ccc2c(c1)CNC2. The summed E-state index contributed by atoms with van der Waals surface area (Å²) >= 11 is 0. The van der Waals surface area contributed by atoms with Crippen LogP contribution in [0.2, 0.25) is 0 Å². The van der Waals surface area contributed by atoms with Gasteiger partial charge in [0.15, 0.2) is 0 Å². The van der Waals surface area contributed by atoms with Crippen LogP contribution < -0.4 is 5.32 Å². The number of hydrogen-bond donors (Lipinski definition) is 1. The maximum absolute atomic E-state index is 3.40. The molecule has 0 saturated heterocycles. The zero-order valence-corrected chi connectivity index (χ0v) is 11.3. The van der Waals surface area contributed by atoms with E-state index >= 15 is 0 Å². The highest BCUT2D eigenvalue weighted by molar-refractivity contribution is 5.34. The third-order valence-electron chi connectivity index (χ3n) is 3.90. The molecule has 0 amide bonds. The Hall–Kier alpha value is -0.860. The van der Waals surface area contributed by atoms with Crippen molar-refractivity contribution in [2.75, 3.05) is 7.05 Å². The zero-order valence-electron chi connectivity index (χ0n) is 11.3. The first-order chi connectivity index (χ1) is 8.24. The number of fused-ring (bicyclic) bond motifs is 1. The van der Waals surface area contributed by atoms with Crippen molar-refractivity contribution in [2.24, 2.45) is 0 Å². The number of nitrogens with one attached hydrogen (secondary N) is 1. The standard InChI is InChI=1S/C15H24N2/c1-4-15(5-2)17(3)11-12-6-7-13-9-16-10-14(13)8-12/h6-8,15-16H,4-5,9-11H2,1-3H3. The molecule has 94 valence electrons. The van der Waals surface area contributed by atoms with Gasteiger partial charge in [-0.2, -0.15) is 0 Å². The molecular formula is C15H24N2. The van der Waals surface area contributed by atoms with Gasteiger partial charge in [0, 0.05) is 25.7 Å². The minimum atomic E-state index is 0.710. The molecule has 0 unspecified atom stereocenters. The van der Waals surface area contributed by atoms with Crippen LogP contribution in [0.25, 0.3) is 0 Å². The van der Waals surface area contributed by atoms with Crippen LogP contribution in [0.15, 0.2) is 18.2 Å². The average Bonchev–Trinajstić information content (AvgIpc) is 2.77. The van der Waals surface area contributed by atoms with Gasteiger partial charge >= 0.3 is 0 Å². The van der Waals surface area contributed by atoms with Gasteiger partial charge in [0.05, 0.1) is 0 Å². The number of hydrogen-bond acceptors (Lipinski definition) is 2. The summed E-state index contributed by atoms with van der Waals surface area (Å²) in [5, 5.41) is 3.40. The maximum Gasteiger partial charge on any atom is 0.0233 e. The fourth-order valence-electron chi connectivity index (χ4n) is 2.78. The van der Waals surface area contributed by atoms with E-state index in [1.807, 2.05) is 0 Å². The van der Waals surface area contributed by atoms with E-state index in [9.17, 15) is 0 Å². The molecule has 1 aliphatic heterocycles. The largest absolute Gasteiger partial charge is 0.309 e. The number of nitrogens with zero attached hydrogens (tertiary/aromatic N) is 1. The van der Waals surface area contributed by atoms with Crippen molar-refractivity contribution >= 4 is 0 Å². The molecule has 1 heterocycles. The van der Waals surface area contributed by atoms with E-state index in [4.69, 9.17) is 0 Å². The zero-order chi connectivity index (χ0) is 12.3. The molecule has 1 aromatic rings. The summed E-state index contributed by atoms with van der Waals surface area (Å²) in [5.74, 6) is 0. The van der Waals surface area contributed by atoms with E-state index in [0.717, 1.165) is 19.6 Å². The van der Waals surface area contributed by atoms with E-state index in [2.05, 4.69) is 49.3 Å². The molecule has 0 atom stereocenters. The van der Waals surface area contributed by atoms with Crippen LogP contribution in [-0.2, 0) is 19.6 Å². The lowest BCUT2D eigenvalue weighted by Crippen LogP contribution is -2.29. The normalized spacial score (nSPS) is 14.6. The van der Waals surface area contributed by atoms with Crippen molar-refractivity contribution in [2.45, 2.75) is 52.4 Å². The molecule has 1 aliphatic rings. The summed E-state index contributed by atoms with van der Waals surface area (Å²) in [5.41, 5.74) is 4.40. The van der Waals surface area contributed by atoms with Crippen LogP contribution >= 0.6 is 0 Å². The third-order valence-corrected chi connectivity index (χ3v) is 3.90. The van der Waals surface area contributed by atoms with Gasteiger partial charge in [0.1, 0.15) is 0 Å². The minimum absolute atomic E-state index is 0.710. The highest BCUT2D eigenvalue weighted by Crippen LogP contribution is 2.19. The van der Waals surface area contributed by atoms with Crippen molar-refractivity contribution in [3.63, 3.8) is 0 Å². The Labute approximate surface area is 105 Å². The molecule has 0 radical (unpaired) electrons. The van der Waals surface area contributed by atoms with Gasteiger partial charge in [-0.1, -0.05) is 32.0 Å². The lowest BCUT2D eigenvalue weighted by atomic mass is 10.0. The molecule has 0 saturated carbocycles. The first kappa shape index (κ1) is 12.6. The van der Waals surface area contributed by atoms with Crippen molar-refractivity contribution < 1.29 is 0 Å². The van der Waals surface area contributed by atoms with Crippen molar-refractivity contribution in [1.29, 1.82) is 0 Å². The Balaban J connectivity index is 2.03. The highest BCUT2D eigenvalue weighted by Gasteiger charge is 2.13. The van der Waals surface area contributed by atoms with Crippen molar-refractivity contribution in [1.82, 2.24) is 10.2 Å². The molecule has 0 fully saturated rings. The van der Waals surface area contributed by atoms with Gasteiger partial charge in [-0.25, -0.2) is 0 Å². The monoisotopic (exact) mass is 232 g/mol. The van der Waals surface area contributed by atoms with E-state index in [1.54, 1.807) is 0 Å². The first-order valence-electron chi connectivity index (χ1n) is 6.76. The van der Waals surface area contributed by atoms with Crippen LogP contribution in [0.5, 0.6) is 0 Å². The Bertz CT molecular complexity index is 369. The molecular weight excluding hydrogens is 208 g/mol. The molecule has 1 N–H and O–H groups in total. The van der Waals surface area contributed by atoms with Crippen molar-refractivity contribution in [3.8, 4) is 0 Å². The molecule has 2 rings (SSSR count). The smallest absolute Gasteiger partial charge is 0.0233 e. The summed E-state index contributed by atoms with van der Waals surface area (Å²) in [6, 6.07) is 7.64. The summed E-state index contributed by atoms with van der Waals surface area (Å²) in [4.78, 5) is 2.48. The molecule has 0 aliphatic carbocycles.